The van der Waals surface area contributed by atoms with E-state index in [2.05, 4.69) is 19.8 Å². The number of hydrogen-bond donors (Lipinski definition) is 0. The van der Waals surface area contributed by atoms with Gasteiger partial charge in [-0.05, 0) is 36.2 Å². The minimum absolute atomic E-state index is 0.437. The van der Waals surface area contributed by atoms with Gasteiger partial charge >= 0.3 is 0 Å². The molecule has 0 unspecified atom stereocenters. The summed E-state index contributed by atoms with van der Waals surface area (Å²) in [6.45, 7) is 1.85. The van der Waals surface area contributed by atoms with Crippen LogP contribution >= 0.6 is 46.5 Å². The molecule has 0 bridgehead atoms. The molecule has 0 saturated heterocycles. The lowest BCUT2D eigenvalue weighted by Gasteiger charge is -2.01. The van der Waals surface area contributed by atoms with Crippen molar-refractivity contribution >= 4 is 46.5 Å². The molecule has 0 aliphatic carbocycles. The van der Waals surface area contributed by atoms with Gasteiger partial charge in [0.25, 0.3) is 11.1 Å². The summed E-state index contributed by atoms with van der Waals surface area (Å²) in [6, 6.07) is 5.39. The van der Waals surface area contributed by atoms with Crippen molar-refractivity contribution in [1.82, 2.24) is 19.8 Å². The Labute approximate surface area is 138 Å². The van der Waals surface area contributed by atoms with Gasteiger partial charge < -0.3 is 4.42 Å². The van der Waals surface area contributed by atoms with Crippen LogP contribution in [0, 0.1) is 6.92 Å². The molecule has 108 valence electrons. The van der Waals surface area contributed by atoms with Crippen LogP contribution in [0.3, 0.4) is 0 Å². The molecule has 2 heterocycles. The molecule has 9 heteroatoms. The smallest absolute Gasteiger partial charge is 0.277 e. The maximum absolute atomic E-state index is 6.12. The molecule has 0 fully saturated rings. The Kier molecular flexibility index (Phi) is 4.44. The van der Waals surface area contributed by atoms with Crippen LogP contribution in [0.15, 0.2) is 27.8 Å². The summed E-state index contributed by atoms with van der Waals surface area (Å²) in [5.74, 6) is 1.06. The van der Waals surface area contributed by atoms with E-state index in [0.717, 1.165) is 16.1 Å². The average Bonchev–Trinajstić information content (AvgIpc) is 3.06. The second-order valence-corrected chi connectivity index (χ2v) is 6.61. The largest absolute Gasteiger partial charge is 0.410 e. The van der Waals surface area contributed by atoms with Gasteiger partial charge in [0, 0.05) is 15.8 Å². The summed E-state index contributed by atoms with van der Waals surface area (Å²) >= 11 is 14.6. The summed E-state index contributed by atoms with van der Waals surface area (Å²) in [5, 5.41) is 13.6. The molecule has 1 aromatic carbocycles. The molecule has 21 heavy (non-hydrogen) atoms. The van der Waals surface area contributed by atoms with Gasteiger partial charge in [-0.2, -0.15) is 0 Å². The van der Waals surface area contributed by atoms with E-state index in [-0.39, 0.29) is 0 Å². The van der Waals surface area contributed by atoms with Gasteiger partial charge in [-0.3, -0.25) is 0 Å². The highest BCUT2D eigenvalue weighted by Gasteiger charge is 2.15. The molecule has 0 aliphatic heterocycles. The lowest BCUT2D eigenvalue weighted by atomic mass is 10.2. The van der Waals surface area contributed by atoms with Crippen molar-refractivity contribution in [3.05, 3.63) is 39.5 Å². The third-order valence-corrected chi connectivity index (χ3v) is 4.89. The van der Waals surface area contributed by atoms with E-state index in [4.69, 9.17) is 27.6 Å². The van der Waals surface area contributed by atoms with Crippen molar-refractivity contribution in [3.8, 4) is 10.8 Å². The molecule has 0 spiro atoms. The zero-order chi connectivity index (χ0) is 14.8. The maximum Gasteiger partial charge on any atom is 0.277 e. The van der Waals surface area contributed by atoms with Gasteiger partial charge in [-0.1, -0.05) is 45.5 Å². The summed E-state index contributed by atoms with van der Waals surface area (Å²) in [4.78, 5) is 0.791. The summed E-state index contributed by atoms with van der Waals surface area (Å²) in [6.07, 6.45) is 0. The quantitative estimate of drug-likeness (QED) is 0.639. The van der Waals surface area contributed by atoms with Crippen LogP contribution in [-0.2, 0) is 5.75 Å². The van der Waals surface area contributed by atoms with Crippen LogP contribution < -0.4 is 0 Å². The van der Waals surface area contributed by atoms with Gasteiger partial charge in [-0.25, -0.2) is 0 Å². The fourth-order valence-electron chi connectivity index (χ4n) is 1.57. The number of aromatic nitrogens is 4. The lowest BCUT2D eigenvalue weighted by Crippen LogP contribution is -1.82. The van der Waals surface area contributed by atoms with E-state index in [1.54, 1.807) is 12.1 Å². The Morgan fingerprint density at radius 3 is 2.81 bits per heavy atom. The Balaban J connectivity index is 1.72. The van der Waals surface area contributed by atoms with Crippen LogP contribution in [0.4, 0.5) is 0 Å². The van der Waals surface area contributed by atoms with Gasteiger partial charge in [0.15, 0.2) is 0 Å². The zero-order valence-electron chi connectivity index (χ0n) is 10.7. The molecule has 2 aromatic heterocycles. The summed E-state index contributed by atoms with van der Waals surface area (Å²) < 4.78 is 9.44. The minimum Gasteiger partial charge on any atom is -0.410 e. The molecular formula is C12H8Cl2N4OS2. The Morgan fingerprint density at radius 1 is 1.24 bits per heavy atom. The zero-order valence-corrected chi connectivity index (χ0v) is 13.9. The van der Waals surface area contributed by atoms with Gasteiger partial charge in [-0.15, -0.1) is 15.3 Å². The first-order valence-corrected chi connectivity index (χ1v) is 8.34. The van der Waals surface area contributed by atoms with Crippen molar-refractivity contribution in [1.29, 1.82) is 0 Å². The average molecular weight is 359 g/mol. The second kappa shape index (κ2) is 6.31. The first-order valence-electron chi connectivity index (χ1n) is 5.83. The van der Waals surface area contributed by atoms with E-state index in [1.807, 2.05) is 13.0 Å². The van der Waals surface area contributed by atoms with Crippen molar-refractivity contribution in [3.63, 3.8) is 0 Å². The van der Waals surface area contributed by atoms with Crippen LogP contribution in [0.1, 0.15) is 11.3 Å². The SMILES string of the molecule is Cc1nnsc1-c1nnc(SCc2ccc(Cl)cc2Cl)o1. The molecule has 0 saturated carbocycles. The van der Waals surface area contributed by atoms with E-state index in [0.29, 0.717) is 26.9 Å². The normalized spacial score (nSPS) is 11.0. The Bertz CT molecular complexity index is 774. The molecule has 0 atom stereocenters. The standard InChI is InChI=1S/C12H8Cl2N4OS2/c1-6-10(21-18-15-6)11-16-17-12(19-11)20-5-7-2-3-8(13)4-9(7)14/h2-4H,5H2,1H3. The van der Waals surface area contributed by atoms with E-state index in [9.17, 15) is 0 Å². The number of halogens is 2. The number of nitrogens with zero attached hydrogens (tertiary/aromatic N) is 4. The number of benzene rings is 1. The summed E-state index contributed by atoms with van der Waals surface area (Å²) in [7, 11) is 0. The van der Waals surface area contributed by atoms with Crippen LogP contribution in [0.25, 0.3) is 10.8 Å². The number of hydrogen-bond acceptors (Lipinski definition) is 7. The molecule has 5 nitrogen and oxygen atoms in total. The van der Waals surface area contributed by atoms with Crippen LogP contribution in [0.2, 0.25) is 10.0 Å². The van der Waals surface area contributed by atoms with Crippen molar-refractivity contribution in [2.24, 2.45) is 0 Å². The molecule has 0 radical (unpaired) electrons. The molecule has 0 aliphatic rings. The topological polar surface area (TPSA) is 64.7 Å². The van der Waals surface area contributed by atoms with Crippen molar-refractivity contribution < 1.29 is 4.42 Å². The fourth-order valence-corrected chi connectivity index (χ4v) is 3.47. The third kappa shape index (κ3) is 3.37. The predicted octanol–water partition coefficient (Wildman–Crippen LogP) is 4.50. The Morgan fingerprint density at radius 2 is 2.10 bits per heavy atom. The van der Waals surface area contributed by atoms with Crippen LogP contribution in [0.5, 0.6) is 0 Å². The first kappa shape index (κ1) is 14.8. The third-order valence-electron chi connectivity index (χ3n) is 2.62. The monoisotopic (exact) mass is 358 g/mol. The maximum atomic E-state index is 6.12. The van der Waals surface area contributed by atoms with Crippen molar-refractivity contribution in [2.75, 3.05) is 0 Å². The van der Waals surface area contributed by atoms with E-state index >= 15 is 0 Å². The highest BCUT2D eigenvalue weighted by molar-refractivity contribution is 7.98. The van der Waals surface area contributed by atoms with E-state index < -0.39 is 0 Å². The van der Waals surface area contributed by atoms with Gasteiger partial charge in [0.1, 0.15) is 4.88 Å². The van der Waals surface area contributed by atoms with Gasteiger partial charge in [0.2, 0.25) is 0 Å². The number of thioether (sulfide) groups is 1. The molecule has 3 aromatic rings. The lowest BCUT2D eigenvalue weighted by molar-refractivity contribution is 0.466. The molecular weight excluding hydrogens is 351 g/mol. The first-order chi connectivity index (χ1) is 10.1. The summed E-state index contributed by atoms with van der Waals surface area (Å²) in [5.41, 5.74) is 1.74. The molecule has 3 rings (SSSR count). The Hall–Kier alpha value is -1.15. The molecule has 0 N–H and O–H groups in total. The molecule has 0 amide bonds. The number of rotatable bonds is 4. The van der Waals surface area contributed by atoms with Gasteiger partial charge in [0.05, 0.1) is 5.69 Å². The van der Waals surface area contributed by atoms with Crippen molar-refractivity contribution in [2.45, 2.75) is 17.9 Å². The number of aryl methyl sites for hydroxylation is 1. The minimum atomic E-state index is 0.437. The second-order valence-electron chi connectivity index (χ2n) is 4.08. The predicted molar refractivity (Wildman–Crippen MR) is 84.0 cm³/mol. The van der Waals surface area contributed by atoms with E-state index in [1.165, 1.54) is 23.3 Å². The highest BCUT2D eigenvalue weighted by atomic mass is 35.5. The highest BCUT2D eigenvalue weighted by Crippen LogP contribution is 2.30. The van der Waals surface area contributed by atoms with Crippen LogP contribution in [-0.4, -0.2) is 19.8 Å². The fraction of sp³-hybridized carbons (Fsp3) is 0.167.